The van der Waals surface area contributed by atoms with Gasteiger partial charge in [-0.05, 0) is 64.3 Å². The van der Waals surface area contributed by atoms with Gasteiger partial charge in [0.2, 0.25) is 0 Å². The Balaban J connectivity index is 1.55. The molecule has 0 aromatic rings. The summed E-state index contributed by atoms with van der Waals surface area (Å²) >= 11 is 0. The van der Waals surface area contributed by atoms with Crippen LogP contribution in [0.1, 0.15) is 46.5 Å². The van der Waals surface area contributed by atoms with Gasteiger partial charge >= 0.3 is 0 Å². The normalized spacial score (nSPS) is 33.0. The van der Waals surface area contributed by atoms with Crippen LogP contribution < -0.4 is 5.32 Å². The zero-order chi connectivity index (χ0) is 13.2. The molecule has 0 aromatic heterocycles. The fraction of sp³-hybridized carbons (Fsp3) is 1.00. The second-order valence-electron chi connectivity index (χ2n) is 7.17. The maximum Gasteiger partial charge on any atom is 0.0897 e. The summed E-state index contributed by atoms with van der Waals surface area (Å²) in [6, 6.07) is 0. The molecule has 4 unspecified atom stereocenters. The fourth-order valence-electron chi connectivity index (χ4n) is 3.47. The highest BCUT2D eigenvalue weighted by atomic mass is 16.5. The number of hydrogen-bond donors (Lipinski definition) is 2. The Morgan fingerprint density at radius 2 is 2.06 bits per heavy atom. The van der Waals surface area contributed by atoms with Gasteiger partial charge in [-0.1, -0.05) is 6.42 Å². The third kappa shape index (κ3) is 4.22. The Morgan fingerprint density at radius 3 is 2.61 bits per heavy atom. The van der Waals surface area contributed by atoms with Crippen LogP contribution in [0.3, 0.4) is 0 Å². The predicted molar refractivity (Wildman–Crippen MR) is 73.5 cm³/mol. The lowest BCUT2D eigenvalue weighted by Crippen LogP contribution is -2.36. The van der Waals surface area contributed by atoms with E-state index in [2.05, 4.69) is 5.32 Å². The van der Waals surface area contributed by atoms with E-state index in [4.69, 9.17) is 4.74 Å². The first-order chi connectivity index (χ1) is 8.44. The maximum absolute atomic E-state index is 9.83. The molecule has 2 N–H and O–H groups in total. The summed E-state index contributed by atoms with van der Waals surface area (Å²) < 4.78 is 5.57. The van der Waals surface area contributed by atoms with Gasteiger partial charge in [0.15, 0.2) is 0 Å². The first kappa shape index (κ1) is 14.3. The first-order valence-corrected chi connectivity index (χ1v) is 7.47. The van der Waals surface area contributed by atoms with E-state index < -0.39 is 0 Å². The summed E-state index contributed by atoms with van der Waals surface area (Å²) in [5, 5.41) is 13.2. The fourth-order valence-corrected chi connectivity index (χ4v) is 3.47. The van der Waals surface area contributed by atoms with E-state index in [0.29, 0.717) is 13.2 Å². The first-order valence-electron chi connectivity index (χ1n) is 7.47. The molecule has 2 rings (SSSR count). The predicted octanol–water partition coefficient (Wildman–Crippen LogP) is 2.19. The van der Waals surface area contributed by atoms with Crippen LogP contribution in [-0.4, -0.2) is 36.5 Å². The van der Waals surface area contributed by atoms with Crippen LogP contribution in [0, 0.1) is 17.8 Å². The van der Waals surface area contributed by atoms with Crippen LogP contribution in [0.15, 0.2) is 0 Å². The molecule has 3 heteroatoms. The van der Waals surface area contributed by atoms with Crippen molar-refractivity contribution in [3.05, 3.63) is 0 Å². The van der Waals surface area contributed by atoms with Crippen molar-refractivity contribution in [3.63, 3.8) is 0 Å². The zero-order valence-corrected chi connectivity index (χ0v) is 12.1. The zero-order valence-electron chi connectivity index (χ0n) is 12.1. The molecule has 4 atom stereocenters. The molecular weight excluding hydrogens is 226 g/mol. The minimum atomic E-state index is -0.386. The minimum absolute atomic E-state index is 0.161. The summed E-state index contributed by atoms with van der Waals surface area (Å²) in [6.07, 6.45) is 5.38. The van der Waals surface area contributed by atoms with Gasteiger partial charge in [-0.2, -0.15) is 0 Å². The van der Waals surface area contributed by atoms with Crippen molar-refractivity contribution < 1.29 is 9.84 Å². The molecule has 0 radical (unpaired) electrons. The molecule has 18 heavy (non-hydrogen) atoms. The summed E-state index contributed by atoms with van der Waals surface area (Å²) in [5.74, 6) is 2.83. The highest BCUT2D eigenvalue weighted by Crippen LogP contribution is 2.47. The highest BCUT2D eigenvalue weighted by molar-refractivity contribution is 4.90. The van der Waals surface area contributed by atoms with E-state index in [9.17, 15) is 5.11 Å². The molecule has 2 bridgehead atoms. The number of hydrogen-bond acceptors (Lipinski definition) is 3. The van der Waals surface area contributed by atoms with Gasteiger partial charge in [0, 0.05) is 6.54 Å². The van der Waals surface area contributed by atoms with Gasteiger partial charge in [-0.3, -0.25) is 0 Å². The molecule has 2 fully saturated rings. The molecule has 3 nitrogen and oxygen atoms in total. The molecular formula is C15H29NO2. The Morgan fingerprint density at radius 1 is 1.28 bits per heavy atom. The number of nitrogens with one attached hydrogen (secondary N) is 1. The summed E-state index contributed by atoms with van der Waals surface area (Å²) in [7, 11) is 0. The molecule has 0 amide bonds. The van der Waals surface area contributed by atoms with Crippen molar-refractivity contribution >= 4 is 0 Å². The third-order valence-electron chi connectivity index (χ3n) is 4.38. The van der Waals surface area contributed by atoms with Crippen LogP contribution in [0.2, 0.25) is 0 Å². The third-order valence-corrected chi connectivity index (χ3v) is 4.38. The standard InChI is InChI=1S/C15H29NO2/c1-15(2,3)18-10-14(17)9-16-8-13-7-11-4-5-12(13)6-11/h11-14,16-17H,4-10H2,1-3H3. The summed E-state index contributed by atoms with van der Waals surface area (Å²) in [5.41, 5.74) is -0.161. The SMILES string of the molecule is CC(C)(C)OCC(O)CNCC1CC2CCC1C2. The second-order valence-corrected chi connectivity index (χ2v) is 7.17. The van der Waals surface area contributed by atoms with E-state index in [0.717, 1.165) is 24.3 Å². The van der Waals surface area contributed by atoms with Gasteiger partial charge in [-0.25, -0.2) is 0 Å². The average molecular weight is 255 g/mol. The van der Waals surface area contributed by atoms with Crippen molar-refractivity contribution in [1.82, 2.24) is 5.32 Å². The molecule has 0 saturated heterocycles. The molecule has 2 aliphatic carbocycles. The smallest absolute Gasteiger partial charge is 0.0897 e. The van der Waals surface area contributed by atoms with Gasteiger partial charge in [0.25, 0.3) is 0 Å². The molecule has 0 spiro atoms. The van der Waals surface area contributed by atoms with Crippen molar-refractivity contribution in [2.24, 2.45) is 17.8 Å². The van der Waals surface area contributed by atoms with Gasteiger partial charge in [0.05, 0.1) is 18.3 Å². The number of aliphatic hydroxyl groups excluding tert-OH is 1. The Hall–Kier alpha value is -0.120. The summed E-state index contributed by atoms with van der Waals surface area (Å²) in [6.45, 7) is 8.21. The monoisotopic (exact) mass is 255 g/mol. The van der Waals surface area contributed by atoms with Crippen molar-refractivity contribution in [3.8, 4) is 0 Å². The van der Waals surface area contributed by atoms with Crippen molar-refractivity contribution in [2.45, 2.75) is 58.2 Å². The second kappa shape index (κ2) is 5.89. The largest absolute Gasteiger partial charge is 0.389 e. The lowest BCUT2D eigenvalue weighted by molar-refractivity contribution is -0.0480. The highest BCUT2D eigenvalue weighted by Gasteiger charge is 2.38. The molecule has 2 saturated carbocycles. The quantitative estimate of drug-likeness (QED) is 0.764. The minimum Gasteiger partial charge on any atom is -0.389 e. The molecule has 2 aliphatic rings. The van der Waals surface area contributed by atoms with Gasteiger partial charge < -0.3 is 15.2 Å². The van der Waals surface area contributed by atoms with E-state index in [1.807, 2.05) is 20.8 Å². The van der Waals surface area contributed by atoms with E-state index in [-0.39, 0.29) is 11.7 Å². The van der Waals surface area contributed by atoms with Crippen molar-refractivity contribution in [2.75, 3.05) is 19.7 Å². The Kier molecular flexibility index (Phi) is 4.68. The molecule has 106 valence electrons. The molecule has 0 heterocycles. The topological polar surface area (TPSA) is 41.5 Å². The van der Waals surface area contributed by atoms with Crippen LogP contribution >= 0.6 is 0 Å². The number of rotatable bonds is 6. The van der Waals surface area contributed by atoms with Crippen LogP contribution in [0.5, 0.6) is 0 Å². The Labute approximate surface area is 111 Å². The Bertz CT molecular complexity index is 262. The van der Waals surface area contributed by atoms with Gasteiger partial charge in [-0.15, -0.1) is 0 Å². The summed E-state index contributed by atoms with van der Waals surface area (Å²) in [4.78, 5) is 0. The van der Waals surface area contributed by atoms with Crippen molar-refractivity contribution in [1.29, 1.82) is 0 Å². The number of fused-ring (bicyclic) bond motifs is 2. The average Bonchev–Trinajstić information content (AvgIpc) is 2.87. The van der Waals surface area contributed by atoms with E-state index in [1.54, 1.807) is 0 Å². The lowest BCUT2D eigenvalue weighted by atomic mass is 9.89. The number of aliphatic hydroxyl groups is 1. The van der Waals surface area contributed by atoms with E-state index in [1.165, 1.54) is 25.7 Å². The van der Waals surface area contributed by atoms with E-state index >= 15 is 0 Å². The van der Waals surface area contributed by atoms with Gasteiger partial charge in [0.1, 0.15) is 0 Å². The maximum atomic E-state index is 9.83. The lowest BCUT2D eigenvalue weighted by Gasteiger charge is -2.24. The molecule has 0 aromatic carbocycles. The van der Waals surface area contributed by atoms with Crippen LogP contribution in [0.4, 0.5) is 0 Å². The number of ether oxygens (including phenoxy) is 1. The van der Waals surface area contributed by atoms with Crippen LogP contribution in [-0.2, 0) is 4.74 Å². The van der Waals surface area contributed by atoms with Crippen LogP contribution in [0.25, 0.3) is 0 Å². The molecule has 0 aliphatic heterocycles.